The first-order chi connectivity index (χ1) is 30.2. The lowest BCUT2D eigenvalue weighted by molar-refractivity contribution is -0.0508. The van der Waals surface area contributed by atoms with Gasteiger partial charge in [0, 0.05) is 67.1 Å². The van der Waals surface area contributed by atoms with Crippen LogP contribution in [-0.2, 0) is 27.4 Å². The molecule has 0 bridgehead atoms. The van der Waals surface area contributed by atoms with Gasteiger partial charge in [-0.2, -0.15) is 4.31 Å². The molecule has 1 fully saturated rings. The number of hydrogen-bond donors (Lipinski definition) is 8. The molecule has 2 amide bonds. The molecule has 1 saturated heterocycles. The average molecular weight is 927 g/mol. The third kappa shape index (κ3) is 9.74. The van der Waals surface area contributed by atoms with Gasteiger partial charge in [-0.05, 0) is 42.0 Å². The molecule has 64 heavy (non-hydrogen) atoms. The van der Waals surface area contributed by atoms with Gasteiger partial charge < -0.3 is 60.1 Å². The number of nitrogens with two attached hydrogens (primary N) is 1. The highest BCUT2D eigenvalue weighted by atomic mass is 31.3. The average Bonchev–Trinajstić information content (AvgIpc) is 3.79. The second kappa shape index (κ2) is 18.0. The van der Waals surface area contributed by atoms with Crippen LogP contribution in [0.15, 0.2) is 71.7 Å². The van der Waals surface area contributed by atoms with Crippen LogP contribution in [0.2, 0.25) is 0 Å². The largest absolute Gasteiger partial charge is 0.481 e. The lowest BCUT2D eigenvalue weighted by Crippen LogP contribution is -2.42. The van der Waals surface area contributed by atoms with Crippen LogP contribution in [0.25, 0.3) is 44.6 Å². The summed E-state index contributed by atoms with van der Waals surface area (Å²) in [5.41, 5.74) is 8.84. The van der Waals surface area contributed by atoms with Crippen molar-refractivity contribution < 1.29 is 71.1 Å². The molecule has 1 aliphatic carbocycles. The van der Waals surface area contributed by atoms with Crippen molar-refractivity contribution in [1.29, 1.82) is 0 Å². The molecule has 4 heterocycles. The number of anilines is 2. The Labute approximate surface area is 361 Å². The van der Waals surface area contributed by atoms with E-state index in [1.807, 2.05) is 74.1 Å². The Morgan fingerprint density at radius 1 is 0.969 bits per heavy atom. The number of carboxylic acid groups (broad SMARTS) is 1. The van der Waals surface area contributed by atoms with E-state index in [0.29, 0.717) is 27.9 Å². The number of phosphoric ester groups is 1. The van der Waals surface area contributed by atoms with E-state index >= 15 is 0 Å². The lowest BCUT2D eigenvalue weighted by Gasteiger charge is -2.21. The molecule has 2 aromatic carbocycles. The Morgan fingerprint density at radius 2 is 1.72 bits per heavy atom. The zero-order valence-electron chi connectivity index (χ0n) is 34.3. The van der Waals surface area contributed by atoms with Crippen LogP contribution in [0.1, 0.15) is 26.9 Å². The zero-order chi connectivity index (χ0) is 46.2. The molecule has 1 unspecified atom stereocenters. The summed E-state index contributed by atoms with van der Waals surface area (Å²) in [5, 5.41) is 28.1. The predicted molar refractivity (Wildman–Crippen MR) is 226 cm³/mol. The van der Waals surface area contributed by atoms with Crippen molar-refractivity contribution in [3.05, 3.63) is 83.7 Å². The number of carbonyl (C=O) groups is 3. The van der Waals surface area contributed by atoms with Gasteiger partial charge in [-0.3, -0.25) is 13.9 Å². The van der Waals surface area contributed by atoms with Crippen LogP contribution in [0.5, 0.6) is 0 Å². The van der Waals surface area contributed by atoms with E-state index in [0.717, 1.165) is 17.4 Å². The van der Waals surface area contributed by atoms with Gasteiger partial charge in [0.25, 0.3) is 5.91 Å². The van der Waals surface area contributed by atoms with Crippen molar-refractivity contribution in [1.82, 2.24) is 34.7 Å². The summed E-state index contributed by atoms with van der Waals surface area (Å²) in [6.45, 7) is -1.39. The van der Waals surface area contributed by atoms with E-state index in [1.54, 1.807) is 0 Å². The number of phosphoric acid groups is 2. The van der Waals surface area contributed by atoms with Crippen LogP contribution >= 0.6 is 15.6 Å². The minimum atomic E-state index is -5.50. The maximum Gasteiger partial charge on any atom is 0.481 e. The lowest BCUT2D eigenvalue weighted by atomic mass is 9.89. The van der Waals surface area contributed by atoms with Crippen molar-refractivity contribution in [2.45, 2.75) is 24.5 Å². The number of rotatable bonds is 14. The van der Waals surface area contributed by atoms with Crippen LogP contribution in [0.3, 0.4) is 0 Å². The molecule has 3 aliphatic rings. The smallest absolute Gasteiger partial charge is 0.478 e. The number of alkyl carbamates (subject to hydrolysis) is 1. The number of aliphatic hydroxyl groups excluding tert-OH is 1. The fourth-order valence-corrected chi connectivity index (χ4v) is 8.61. The second-order valence-corrected chi connectivity index (χ2v) is 17.5. The highest BCUT2D eigenvalue weighted by Gasteiger charge is 2.49. The van der Waals surface area contributed by atoms with Gasteiger partial charge in [0.15, 0.2) is 23.8 Å². The summed E-state index contributed by atoms with van der Waals surface area (Å²) in [6, 6.07) is 15.2. The molecule has 2 aromatic heterocycles. The molecule has 4 aromatic rings. The van der Waals surface area contributed by atoms with Gasteiger partial charge in [0.05, 0.1) is 24.6 Å². The molecular formula is C38H42N9O15P2+. The van der Waals surface area contributed by atoms with Gasteiger partial charge >= 0.3 is 27.7 Å². The number of ether oxygens (including phenoxy) is 2. The summed E-state index contributed by atoms with van der Waals surface area (Å²) >= 11 is 0. The van der Waals surface area contributed by atoms with E-state index in [1.165, 1.54) is 29.1 Å². The Kier molecular flexibility index (Phi) is 12.9. The molecular weight excluding hydrogens is 884 g/mol. The SMILES string of the molecule is CN(C)c1ccc2c(-c3cc(C(=O)NCCNC(=O)O[C@H]4[C@@H](O)[C@H](n5cnc6c(N)ncnc65)O[C@@H]4COP(=O)(O)OP(=O)(O)O)ccc3C(=O)O)c3ccc(=[N+](C)C)cc-3oc2c1. The number of hydrogen-bond acceptors (Lipinski definition) is 16. The third-order valence-corrected chi connectivity index (χ3v) is 12.2. The molecule has 0 spiro atoms. The highest BCUT2D eigenvalue weighted by Crippen LogP contribution is 2.58. The number of aliphatic hydroxyl groups is 1. The summed E-state index contributed by atoms with van der Waals surface area (Å²) in [7, 11) is -3.39. The van der Waals surface area contributed by atoms with E-state index in [2.05, 4.69) is 29.9 Å². The second-order valence-electron chi connectivity index (χ2n) is 14.7. The quantitative estimate of drug-likeness (QED) is 0.0334. The van der Waals surface area contributed by atoms with Crippen LogP contribution in [0.4, 0.5) is 16.3 Å². The Morgan fingerprint density at radius 3 is 2.42 bits per heavy atom. The molecule has 5 atom stereocenters. The van der Waals surface area contributed by atoms with E-state index in [-0.39, 0.29) is 46.8 Å². The van der Waals surface area contributed by atoms with Crippen molar-refractivity contribution in [3.8, 4) is 22.5 Å². The summed E-state index contributed by atoms with van der Waals surface area (Å²) < 4.78 is 52.7. The fourth-order valence-electron chi connectivity index (χ4n) is 7.01. The van der Waals surface area contributed by atoms with Crippen LogP contribution in [0, 0.1) is 0 Å². The number of benzene rings is 3. The first-order valence-electron chi connectivity index (χ1n) is 19.0. The van der Waals surface area contributed by atoms with E-state index in [9.17, 15) is 38.6 Å². The van der Waals surface area contributed by atoms with Crippen molar-refractivity contribution in [3.63, 3.8) is 0 Å². The first-order valence-corrected chi connectivity index (χ1v) is 22.0. The normalized spacial score (nSPS) is 18.5. The Bertz CT molecular complexity index is 2930. The highest BCUT2D eigenvalue weighted by molar-refractivity contribution is 7.60. The maximum atomic E-state index is 13.6. The van der Waals surface area contributed by atoms with Crippen LogP contribution < -0.4 is 31.2 Å². The summed E-state index contributed by atoms with van der Waals surface area (Å²) in [4.78, 5) is 81.1. The molecule has 9 N–H and O–H groups in total. The predicted octanol–water partition coefficient (Wildman–Crippen LogP) is 1.73. The molecule has 7 rings (SSSR count). The van der Waals surface area contributed by atoms with Crippen LogP contribution in [-0.4, -0.2) is 129 Å². The molecule has 26 heteroatoms. The number of nitrogens with zero attached hydrogens (tertiary/aromatic N) is 6. The Hall–Kier alpha value is -6.33. The molecule has 2 aliphatic heterocycles. The minimum Gasteiger partial charge on any atom is -0.478 e. The number of aromatic nitrogens is 4. The van der Waals surface area contributed by atoms with E-state index < -0.39 is 64.8 Å². The van der Waals surface area contributed by atoms with Gasteiger partial charge in [0.2, 0.25) is 5.36 Å². The maximum absolute atomic E-state index is 13.6. The number of nitrogen functional groups attached to an aromatic ring is 1. The summed E-state index contributed by atoms with van der Waals surface area (Å²) in [5.74, 6) is -1.36. The number of imidazole rings is 1. The number of nitrogens with one attached hydrogen (secondary N) is 2. The topological polar surface area (TPSA) is 336 Å². The van der Waals surface area contributed by atoms with Crippen molar-refractivity contribution >= 4 is 67.3 Å². The number of aromatic carboxylic acids is 1. The van der Waals surface area contributed by atoms with Gasteiger partial charge in [-0.15, -0.1) is 0 Å². The zero-order valence-corrected chi connectivity index (χ0v) is 36.0. The number of carboxylic acids is 1. The molecule has 24 nitrogen and oxygen atoms in total. The van der Waals surface area contributed by atoms with Gasteiger partial charge in [-0.1, -0.05) is 0 Å². The first kappa shape index (κ1) is 45.7. The van der Waals surface area contributed by atoms with Gasteiger partial charge in [0.1, 0.15) is 49.5 Å². The van der Waals surface area contributed by atoms with Gasteiger partial charge in [-0.25, -0.2) is 38.2 Å². The summed E-state index contributed by atoms with van der Waals surface area (Å²) in [6.07, 6.45) is -5.19. The standard InChI is InChI=1S/C38H41N9O15P2/c1-45(2)20-6-9-23-26(14-20)59-27-15-21(46(3)4)7-10-24(27)29(23)25-13-19(5-8-22(25)37(50)51)35(49)40-11-12-41-38(52)61-32-28(16-58-64(56,57)62-63(53,54)55)60-36(31(32)48)47-18-44-30-33(39)42-17-43-34(30)47/h5-10,13-15,17-18,28,31-32,36,48H,11-12,16H2,1-4H3,(H7-,39,40,41,42,43,49,50,51,52,53,54,55,56,57)/p+1/t28-,31-,32-,36-/m1/s1. The fraction of sp³-hybridized carbons (Fsp3) is 0.289. The van der Waals surface area contributed by atoms with Crippen molar-refractivity contribution in [2.75, 3.05) is 58.5 Å². The molecule has 0 saturated carbocycles. The molecule has 0 radical (unpaired) electrons. The minimum absolute atomic E-state index is 0.00343. The third-order valence-electron chi connectivity index (χ3n) is 10.0. The number of amides is 2. The van der Waals surface area contributed by atoms with E-state index in [4.69, 9.17) is 33.9 Å². The molecule has 338 valence electrons. The van der Waals surface area contributed by atoms with Crippen molar-refractivity contribution in [2.24, 2.45) is 0 Å². The Balaban J connectivity index is 1.08. The number of fused-ring (bicyclic) bond motifs is 3. The number of carbonyl (C=O) groups excluding carboxylic acids is 2. The monoisotopic (exact) mass is 926 g/mol.